The normalized spacial score (nSPS) is 13.7. The molecule has 1 aliphatic rings. The van der Waals surface area contributed by atoms with Gasteiger partial charge in [-0.3, -0.25) is 9.59 Å². The van der Waals surface area contributed by atoms with Gasteiger partial charge in [0.1, 0.15) is 5.69 Å². The number of H-pyrrole nitrogens is 1. The average Bonchev–Trinajstić information content (AvgIpc) is 3.32. The topological polar surface area (TPSA) is 79.5 Å². The van der Waals surface area contributed by atoms with E-state index >= 15 is 0 Å². The molecule has 1 fully saturated rings. The summed E-state index contributed by atoms with van der Waals surface area (Å²) >= 11 is 9.22. The summed E-state index contributed by atoms with van der Waals surface area (Å²) in [5.74, 6) is -1.21. The number of rotatable bonds is 5. The molecule has 1 N–H and O–H groups in total. The Labute approximate surface area is 163 Å². The molecule has 26 heavy (non-hydrogen) atoms. The molecule has 0 unspecified atom stereocenters. The van der Waals surface area contributed by atoms with Crippen LogP contribution < -0.4 is 0 Å². The molecule has 0 spiro atoms. The lowest BCUT2D eigenvalue weighted by Crippen LogP contribution is -2.27. The zero-order valence-corrected chi connectivity index (χ0v) is 16.1. The highest BCUT2D eigenvalue weighted by atomic mass is 79.9. The molecule has 1 aliphatic heterocycles. The number of carbonyl (C=O) groups excluding carboxylic acids is 3. The summed E-state index contributed by atoms with van der Waals surface area (Å²) in [7, 11) is 0. The van der Waals surface area contributed by atoms with Gasteiger partial charge in [0.25, 0.3) is 5.91 Å². The van der Waals surface area contributed by atoms with E-state index in [1.165, 1.54) is 18.3 Å². The van der Waals surface area contributed by atoms with E-state index in [0.29, 0.717) is 15.7 Å². The van der Waals surface area contributed by atoms with Crippen molar-refractivity contribution in [1.29, 1.82) is 0 Å². The zero-order chi connectivity index (χ0) is 18.7. The third-order valence-electron chi connectivity index (χ3n) is 4.11. The van der Waals surface area contributed by atoms with Crippen molar-refractivity contribution in [3.63, 3.8) is 0 Å². The lowest BCUT2D eigenvalue weighted by molar-refractivity contribution is 0.0474. The molecule has 1 saturated heterocycles. The monoisotopic (exact) mass is 438 g/mol. The Morgan fingerprint density at radius 2 is 1.92 bits per heavy atom. The number of ether oxygens (including phenoxy) is 1. The van der Waals surface area contributed by atoms with Crippen LogP contribution in [0.25, 0.3) is 0 Å². The lowest BCUT2D eigenvalue weighted by Gasteiger charge is -2.13. The van der Waals surface area contributed by atoms with Gasteiger partial charge in [-0.25, -0.2) is 4.79 Å². The summed E-state index contributed by atoms with van der Waals surface area (Å²) in [6, 6.07) is 6.27. The molecule has 136 valence electrons. The van der Waals surface area contributed by atoms with Crippen LogP contribution in [0.15, 0.2) is 34.9 Å². The Hall–Kier alpha value is -2.12. The van der Waals surface area contributed by atoms with Crippen LogP contribution in [-0.4, -0.2) is 47.2 Å². The number of likely N-dealkylation sites (tertiary alicyclic amines) is 1. The maximum absolute atomic E-state index is 12.3. The number of esters is 1. The lowest BCUT2D eigenvalue weighted by atomic mass is 10.2. The predicted octanol–water partition coefficient (Wildman–Crippen LogP) is 3.71. The number of Topliss-reactive ketones (excluding diaryl/α,β-unsaturated/α-hetero) is 1. The summed E-state index contributed by atoms with van der Waals surface area (Å²) in [6.07, 6.45) is 3.43. The third-order valence-corrected chi connectivity index (χ3v) is 4.93. The number of nitrogens with zero attached hydrogens (tertiary/aromatic N) is 1. The van der Waals surface area contributed by atoms with E-state index in [2.05, 4.69) is 20.9 Å². The first kappa shape index (κ1) is 18.7. The second kappa shape index (κ2) is 8.05. The number of halogens is 2. The predicted molar refractivity (Wildman–Crippen MR) is 99.7 cm³/mol. The Balaban J connectivity index is 1.61. The first-order valence-corrected chi connectivity index (χ1v) is 9.26. The fourth-order valence-corrected chi connectivity index (χ4v) is 3.27. The van der Waals surface area contributed by atoms with Gasteiger partial charge in [-0.05, 0) is 37.1 Å². The minimum absolute atomic E-state index is 0.125. The maximum Gasteiger partial charge on any atom is 0.340 e. The molecule has 0 bridgehead atoms. The molecule has 3 rings (SSSR count). The molecule has 0 aliphatic carbocycles. The van der Waals surface area contributed by atoms with Crippen LogP contribution in [-0.2, 0) is 4.74 Å². The van der Waals surface area contributed by atoms with E-state index in [1.807, 2.05) is 0 Å². The Kier molecular flexibility index (Phi) is 5.78. The average molecular weight is 440 g/mol. The number of hydrogen-bond acceptors (Lipinski definition) is 4. The summed E-state index contributed by atoms with van der Waals surface area (Å²) in [5, 5.41) is 0.241. The van der Waals surface area contributed by atoms with E-state index in [-0.39, 0.29) is 16.5 Å². The second-order valence-corrected chi connectivity index (χ2v) is 7.25. The van der Waals surface area contributed by atoms with Crippen molar-refractivity contribution >= 4 is 45.2 Å². The van der Waals surface area contributed by atoms with Gasteiger partial charge >= 0.3 is 5.97 Å². The highest BCUT2D eigenvalue weighted by Gasteiger charge is 2.22. The van der Waals surface area contributed by atoms with Crippen molar-refractivity contribution < 1.29 is 19.1 Å². The van der Waals surface area contributed by atoms with Crippen LogP contribution in [0.4, 0.5) is 0 Å². The van der Waals surface area contributed by atoms with Crippen LogP contribution in [0.2, 0.25) is 5.02 Å². The Morgan fingerprint density at radius 1 is 1.19 bits per heavy atom. The second-order valence-electron chi connectivity index (χ2n) is 5.92. The van der Waals surface area contributed by atoms with Crippen LogP contribution in [0.1, 0.15) is 44.0 Å². The molecule has 0 radical (unpaired) electrons. The molecule has 8 heteroatoms. The van der Waals surface area contributed by atoms with Gasteiger partial charge in [0.2, 0.25) is 5.78 Å². The zero-order valence-electron chi connectivity index (χ0n) is 13.8. The van der Waals surface area contributed by atoms with Gasteiger partial charge < -0.3 is 14.6 Å². The van der Waals surface area contributed by atoms with E-state index in [1.54, 1.807) is 17.0 Å². The Bertz CT molecular complexity index is 859. The molecule has 6 nitrogen and oxygen atoms in total. The Morgan fingerprint density at radius 3 is 2.65 bits per heavy atom. The van der Waals surface area contributed by atoms with Crippen molar-refractivity contribution in [2.24, 2.45) is 0 Å². The summed E-state index contributed by atoms with van der Waals surface area (Å²) in [6.45, 7) is 1.02. The number of amides is 1. The number of hydrogen-bond donors (Lipinski definition) is 1. The fourth-order valence-electron chi connectivity index (χ4n) is 2.72. The van der Waals surface area contributed by atoms with Crippen LogP contribution >= 0.6 is 27.5 Å². The number of nitrogens with one attached hydrogen (secondary N) is 1. The first-order chi connectivity index (χ1) is 12.5. The summed E-state index contributed by atoms with van der Waals surface area (Å²) in [5.41, 5.74) is 0.824. The van der Waals surface area contributed by atoms with Crippen molar-refractivity contribution in [1.82, 2.24) is 9.88 Å². The van der Waals surface area contributed by atoms with Gasteiger partial charge in [-0.1, -0.05) is 27.5 Å². The van der Waals surface area contributed by atoms with Crippen molar-refractivity contribution in [2.75, 3.05) is 19.7 Å². The van der Waals surface area contributed by atoms with E-state index in [4.69, 9.17) is 16.3 Å². The van der Waals surface area contributed by atoms with Crippen LogP contribution in [0.5, 0.6) is 0 Å². The summed E-state index contributed by atoms with van der Waals surface area (Å²) in [4.78, 5) is 41.2. The number of aromatic nitrogens is 1. The van der Waals surface area contributed by atoms with E-state index in [0.717, 1.165) is 25.9 Å². The number of benzene rings is 1. The third kappa shape index (κ3) is 4.16. The number of aromatic amines is 1. The van der Waals surface area contributed by atoms with E-state index in [9.17, 15) is 14.4 Å². The van der Waals surface area contributed by atoms with Crippen molar-refractivity contribution in [3.8, 4) is 0 Å². The molecule has 1 aromatic carbocycles. The standard InChI is InChI=1S/C18H16BrClN2O4/c19-12-3-4-14(20)13(8-12)18(25)26-10-16(23)11-7-15(21-9-11)17(24)22-5-1-2-6-22/h3-4,7-9,21H,1-2,5-6,10H2. The van der Waals surface area contributed by atoms with Crippen molar-refractivity contribution in [3.05, 3.63) is 56.8 Å². The van der Waals surface area contributed by atoms with Crippen LogP contribution in [0, 0.1) is 0 Å². The van der Waals surface area contributed by atoms with Gasteiger partial charge in [-0.15, -0.1) is 0 Å². The largest absolute Gasteiger partial charge is 0.454 e. The number of carbonyl (C=O) groups is 3. The fraction of sp³-hybridized carbons (Fsp3) is 0.278. The summed E-state index contributed by atoms with van der Waals surface area (Å²) < 4.78 is 5.72. The minimum Gasteiger partial charge on any atom is -0.454 e. The highest BCUT2D eigenvalue weighted by Crippen LogP contribution is 2.22. The SMILES string of the molecule is O=C(COC(=O)c1cc(Br)ccc1Cl)c1c[nH]c(C(=O)N2CCCC2)c1. The first-order valence-electron chi connectivity index (χ1n) is 8.09. The van der Waals surface area contributed by atoms with Gasteiger partial charge in [-0.2, -0.15) is 0 Å². The highest BCUT2D eigenvalue weighted by molar-refractivity contribution is 9.10. The van der Waals surface area contributed by atoms with Crippen molar-refractivity contribution in [2.45, 2.75) is 12.8 Å². The van der Waals surface area contributed by atoms with Crippen LogP contribution in [0.3, 0.4) is 0 Å². The maximum atomic E-state index is 12.3. The van der Waals surface area contributed by atoms with Gasteiger partial charge in [0.15, 0.2) is 6.61 Å². The molecule has 2 heterocycles. The molecule has 1 amide bonds. The molecule has 2 aromatic rings. The molecule has 0 atom stereocenters. The van der Waals surface area contributed by atoms with Gasteiger partial charge in [0.05, 0.1) is 10.6 Å². The molecular weight excluding hydrogens is 424 g/mol. The molecule has 1 aromatic heterocycles. The van der Waals surface area contributed by atoms with E-state index < -0.39 is 18.4 Å². The molecule has 0 saturated carbocycles. The number of ketones is 1. The quantitative estimate of drug-likeness (QED) is 0.569. The minimum atomic E-state index is -0.687. The molecular formula is C18H16BrClN2O4. The van der Waals surface area contributed by atoms with Gasteiger partial charge in [0, 0.05) is 29.3 Å². The smallest absolute Gasteiger partial charge is 0.340 e.